The molecule has 5 nitrogen and oxygen atoms in total. The Labute approximate surface area is 157 Å². The molecule has 0 radical (unpaired) electrons. The van der Waals surface area contributed by atoms with Crippen LogP contribution in [0.1, 0.15) is 18.5 Å². The van der Waals surface area contributed by atoms with Crippen molar-refractivity contribution in [1.29, 1.82) is 0 Å². The van der Waals surface area contributed by atoms with Crippen molar-refractivity contribution in [3.63, 3.8) is 0 Å². The molecule has 0 aliphatic carbocycles. The van der Waals surface area contributed by atoms with Gasteiger partial charge in [-0.1, -0.05) is 6.07 Å². The molecule has 0 saturated carbocycles. The number of halogens is 1. The van der Waals surface area contributed by atoms with Gasteiger partial charge in [0.25, 0.3) is 0 Å². The van der Waals surface area contributed by atoms with Gasteiger partial charge in [0.2, 0.25) is 5.88 Å². The van der Waals surface area contributed by atoms with Crippen molar-refractivity contribution >= 4 is 0 Å². The molecule has 1 aliphatic heterocycles. The number of hydrogen-bond acceptors (Lipinski definition) is 5. The lowest BCUT2D eigenvalue weighted by Gasteiger charge is -2.23. The van der Waals surface area contributed by atoms with E-state index in [2.05, 4.69) is 15.0 Å². The molecule has 27 heavy (non-hydrogen) atoms. The monoisotopic (exact) mass is 365 g/mol. The normalized spacial score (nSPS) is 14.9. The van der Waals surface area contributed by atoms with Crippen LogP contribution in [0.4, 0.5) is 4.39 Å². The van der Waals surface area contributed by atoms with Crippen LogP contribution in [0.15, 0.2) is 48.9 Å². The van der Waals surface area contributed by atoms with Gasteiger partial charge in [-0.2, -0.15) is 0 Å². The Morgan fingerprint density at radius 3 is 2.63 bits per heavy atom. The molecule has 3 aromatic rings. The Bertz CT molecular complexity index is 925. The third kappa shape index (κ3) is 3.95. The summed E-state index contributed by atoms with van der Waals surface area (Å²) >= 11 is 0. The summed E-state index contributed by atoms with van der Waals surface area (Å²) in [5, 5.41) is 0. The maximum Gasteiger partial charge on any atom is 0.221 e. The fraction of sp³-hybridized carbons (Fsp3) is 0.286. The summed E-state index contributed by atoms with van der Waals surface area (Å²) in [5.41, 5.74) is 3.20. The van der Waals surface area contributed by atoms with Crippen LogP contribution in [-0.2, 0) is 4.74 Å². The van der Waals surface area contributed by atoms with Gasteiger partial charge in [0.05, 0.1) is 30.8 Å². The zero-order chi connectivity index (χ0) is 18.6. The van der Waals surface area contributed by atoms with Gasteiger partial charge in [0.15, 0.2) is 0 Å². The van der Waals surface area contributed by atoms with Gasteiger partial charge in [0.1, 0.15) is 11.9 Å². The quantitative estimate of drug-likeness (QED) is 0.693. The number of pyridine rings is 1. The molecule has 1 fully saturated rings. The first kappa shape index (κ1) is 17.5. The lowest BCUT2D eigenvalue weighted by molar-refractivity contribution is 0.0240. The van der Waals surface area contributed by atoms with Crippen molar-refractivity contribution in [2.45, 2.75) is 25.9 Å². The summed E-state index contributed by atoms with van der Waals surface area (Å²) in [7, 11) is 0. The lowest BCUT2D eigenvalue weighted by atomic mass is 10.0. The Balaban J connectivity index is 1.64. The van der Waals surface area contributed by atoms with Crippen LogP contribution in [-0.4, -0.2) is 34.3 Å². The molecule has 0 spiro atoms. The molecule has 1 aromatic carbocycles. The molecular formula is C21H20FN3O2. The molecule has 4 rings (SSSR count). The lowest BCUT2D eigenvalue weighted by Crippen LogP contribution is -2.26. The van der Waals surface area contributed by atoms with Gasteiger partial charge in [-0.05, 0) is 36.8 Å². The van der Waals surface area contributed by atoms with Gasteiger partial charge >= 0.3 is 0 Å². The number of aromatic nitrogens is 3. The second-order valence-electron chi connectivity index (χ2n) is 6.52. The summed E-state index contributed by atoms with van der Waals surface area (Å²) in [5.74, 6) is 0.165. The molecule has 0 atom stereocenters. The van der Waals surface area contributed by atoms with E-state index in [-0.39, 0.29) is 11.9 Å². The van der Waals surface area contributed by atoms with Gasteiger partial charge < -0.3 is 9.47 Å². The highest BCUT2D eigenvalue weighted by molar-refractivity contribution is 5.72. The number of benzene rings is 1. The van der Waals surface area contributed by atoms with Crippen LogP contribution in [0, 0.1) is 12.7 Å². The fourth-order valence-corrected chi connectivity index (χ4v) is 3.08. The number of hydrogen-bond donors (Lipinski definition) is 0. The van der Waals surface area contributed by atoms with Gasteiger partial charge in [-0.3, -0.25) is 9.97 Å². The van der Waals surface area contributed by atoms with Crippen molar-refractivity contribution in [1.82, 2.24) is 15.0 Å². The first-order valence-electron chi connectivity index (χ1n) is 8.99. The molecule has 2 aromatic heterocycles. The Kier molecular flexibility index (Phi) is 5.07. The van der Waals surface area contributed by atoms with Gasteiger partial charge in [-0.15, -0.1) is 0 Å². The summed E-state index contributed by atoms with van der Waals surface area (Å²) in [4.78, 5) is 12.8. The van der Waals surface area contributed by atoms with E-state index in [0.29, 0.717) is 35.9 Å². The fourth-order valence-electron chi connectivity index (χ4n) is 3.08. The van der Waals surface area contributed by atoms with Crippen LogP contribution in [0.25, 0.3) is 22.4 Å². The van der Waals surface area contributed by atoms with Crippen molar-refractivity contribution in [2.24, 2.45) is 0 Å². The van der Waals surface area contributed by atoms with E-state index in [4.69, 9.17) is 9.47 Å². The van der Waals surface area contributed by atoms with Crippen LogP contribution in [0.2, 0.25) is 0 Å². The maximum absolute atomic E-state index is 14.8. The van der Waals surface area contributed by atoms with E-state index in [9.17, 15) is 4.39 Å². The predicted octanol–water partition coefficient (Wildman–Crippen LogP) is 4.21. The second-order valence-corrected chi connectivity index (χ2v) is 6.52. The summed E-state index contributed by atoms with van der Waals surface area (Å²) < 4.78 is 26.2. The molecule has 1 saturated heterocycles. The minimum absolute atomic E-state index is 0.0688. The van der Waals surface area contributed by atoms with Crippen LogP contribution >= 0.6 is 0 Å². The van der Waals surface area contributed by atoms with Crippen LogP contribution < -0.4 is 4.74 Å². The second kappa shape index (κ2) is 7.80. The third-order valence-electron chi connectivity index (χ3n) is 4.55. The van der Waals surface area contributed by atoms with Crippen molar-refractivity contribution < 1.29 is 13.9 Å². The van der Waals surface area contributed by atoms with E-state index in [1.54, 1.807) is 24.7 Å². The van der Waals surface area contributed by atoms with E-state index < -0.39 is 0 Å². The van der Waals surface area contributed by atoms with E-state index in [1.165, 1.54) is 6.07 Å². The molecule has 6 heteroatoms. The Hall–Kier alpha value is -2.86. The smallest absolute Gasteiger partial charge is 0.221 e. The first-order chi connectivity index (χ1) is 13.2. The average molecular weight is 365 g/mol. The van der Waals surface area contributed by atoms with Crippen molar-refractivity contribution in [3.05, 3.63) is 60.4 Å². The minimum Gasteiger partial charge on any atom is -0.474 e. The average Bonchev–Trinajstić information content (AvgIpc) is 2.70. The Morgan fingerprint density at radius 1 is 1.04 bits per heavy atom. The van der Waals surface area contributed by atoms with E-state index in [1.807, 2.05) is 25.1 Å². The highest BCUT2D eigenvalue weighted by atomic mass is 19.1. The molecule has 138 valence electrons. The largest absolute Gasteiger partial charge is 0.474 e. The summed E-state index contributed by atoms with van der Waals surface area (Å²) in [6, 6.07) is 8.78. The highest BCUT2D eigenvalue weighted by Crippen LogP contribution is 2.32. The zero-order valence-electron chi connectivity index (χ0n) is 15.1. The van der Waals surface area contributed by atoms with Crippen LogP contribution in [0.5, 0.6) is 5.88 Å². The molecule has 0 unspecified atom stereocenters. The van der Waals surface area contributed by atoms with E-state index in [0.717, 1.165) is 24.1 Å². The van der Waals surface area contributed by atoms with Crippen LogP contribution in [0.3, 0.4) is 0 Å². The first-order valence-corrected chi connectivity index (χ1v) is 8.99. The molecule has 0 amide bonds. The SMILES string of the molecule is Cc1cnc(-c2ccc(-c3cccnc3OC3CCOCC3)cc2F)cn1. The zero-order valence-corrected chi connectivity index (χ0v) is 15.1. The number of nitrogens with zero attached hydrogens (tertiary/aromatic N) is 3. The topological polar surface area (TPSA) is 57.1 Å². The molecule has 3 heterocycles. The summed E-state index contributed by atoms with van der Waals surface area (Å²) in [6.07, 6.45) is 6.62. The number of ether oxygens (including phenoxy) is 2. The number of aryl methyl sites for hydroxylation is 1. The third-order valence-corrected chi connectivity index (χ3v) is 4.55. The molecule has 0 bridgehead atoms. The van der Waals surface area contributed by atoms with Gasteiger partial charge in [0, 0.05) is 36.4 Å². The van der Waals surface area contributed by atoms with Gasteiger partial charge in [-0.25, -0.2) is 9.37 Å². The number of rotatable bonds is 4. The maximum atomic E-state index is 14.8. The molecular weight excluding hydrogens is 345 g/mol. The van der Waals surface area contributed by atoms with Crippen molar-refractivity contribution in [2.75, 3.05) is 13.2 Å². The summed E-state index contributed by atoms with van der Waals surface area (Å²) in [6.45, 7) is 3.22. The predicted molar refractivity (Wildman–Crippen MR) is 99.9 cm³/mol. The molecule has 0 N–H and O–H groups in total. The van der Waals surface area contributed by atoms with E-state index >= 15 is 0 Å². The Morgan fingerprint density at radius 2 is 1.89 bits per heavy atom. The minimum atomic E-state index is -0.355. The highest BCUT2D eigenvalue weighted by Gasteiger charge is 2.19. The standard InChI is InChI=1S/C21H20FN3O2/c1-14-12-25-20(13-24-14)18-5-4-15(11-19(18)22)17-3-2-8-23-21(17)27-16-6-9-26-10-7-16/h2-5,8,11-13,16H,6-7,9-10H2,1H3. The molecule has 1 aliphatic rings. The van der Waals surface area contributed by atoms with Crippen molar-refractivity contribution in [3.8, 4) is 28.3 Å².